The number of amides is 2. The Bertz CT molecular complexity index is 953. The molecule has 0 unspecified atom stereocenters. The molecule has 170 valence electrons. The molecule has 1 aliphatic rings. The van der Waals surface area contributed by atoms with Crippen molar-refractivity contribution in [2.45, 2.75) is 42.8 Å². The van der Waals surface area contributed by atoms with E-state index in [1.165, 1.54) is 4.90 Å². The van der Waals surface area contributed by atoms with Gasteiger partial charge in [0.1, 0.15) is 18.7 Å². The Kier molecular flexibility index (Phi) is 8.38. The molecule has 0 aliphatic carbocycles. The number of ether oxygens (including phenoxy) is 1. The fraction of sp³-hybridized carbons (Fsp3) is 0.348. The van der Waals surface area contributed by atoms with Crippen molar-refractivity contribution < 1.29 is 28.4 Å². The monoisotopic (exact) mass is 458 g/mol. The van der Waals surface area contributed by atoms with Crippen molar-refractivity contribution in [1.82, 2.24) is 10.2 Å². The van der Waals surface area contributed by atoms with Crippen LogP contribution in [-0.4, -0.2) is 56.6 Å². The van der Waals surface area contributed by atoms with Crippen LogP contribution in [0.5, 0.6) is 0 Å². The normalized spacial score (nSPS) is 17.4. The maximum Gasteiger partial charge on any atom is 0.410 e. The van der Waals surface area contributed by atoms with E-state index in [0.29, 0.717) is 24.3 Å². The molecule has 32 heavy (non-hydrogen) atoms. The van der Waals surface area contributed by atoms with Crippen LogP contribution in [0.1, 0.15) is 24.8 Å². The molecule has 0 radical (unpaired) electrons. The number of benzene rings is 2. The number of hydrogen-bond acceptors (Lipinski definition) is 5. The van der Waals surface area contributed by atoms with Gasteiger partial charge < -0.3 is 15.2 Å². The molecule has 1 fully saturated rings. The number of nitrogens with zero attached hydrogens (tertiary/aromatic N) is 1. The number of carboxylic acids is 1. The lowest BCUT2D eigenvalue weighted by Gasteiger charge is -2.25. The zero-order valence-electron chi connectivity index (χ0n) is 17.5. The van der Waals surface area contributed by atoms with Gasteiger partial charge >= 0.3 is 12.1 Å². The summed E-state index contributed by atoms with van der Waals surface area (Å²) >= 11 is 0. The second-order valence-electron chi connectivity index (χ2n) is 7.44. The van der Waals surface area contributed by atoms with Crippen molar-refractivity contribution in [1.29, 1.82) is 0 Å². The molecule has 3 rings (SSSR count). The lowest BCUT2D eigenvalue weighted by Crippen LogP contribution is -2.51. The van der Waals surface area contributed by atoms with Crippen LogP contribution in [0.2, 0.25) is 0 Å². The first-order valence-corrected chi connectivity index (χ1v) is 11.7. The van der Waals surface area contributed by atoms with Crippen LogP contribution in [0.25, 0.3) is 0 Å². The van der Waals surface area contributed by atoms with Gasteiger partial charge in [0.2, 0.25) is 5.91 Å². The molecular weight excluding hydrogens is 432 g/mol. The highest BCUT2D eigenvalue weighted by Crippen LogP contribution is 2.19. The average molecular weight is 459 g/mol. The van der Waals surface area contributed by atoms with Crippen LogP contribution in [0.15, 0.2) is 65.6 Å². The van der Waals surface area contributed by atoms with E-state index in [-0.39, 0.29) is 18.8 Å². The quantitative estimate of drug-likeness (QED) is 0.597. The molecule has 1 heterocycles. The van der Waals surface area contributed by atoms with Gasteiger partial charge in [-0.2, -0.15) is 0 Å². The highest BCUT2D eigenvalue weighted by Gasteiger charge is 2.36. The van der Waals surface area contributed by atoms with Crippen molar-refractivity contribution in [2.75, 3.05) is 12.3 Å². The van der Waals surface area contributed by atoms with Gasteiger partial charge in [-0.3, -0.25) is 13.9 Å². The van der Waals surface area contributed by atoms with Crippen molar-refractivity contribution in [3.8, 4) is 0 Å². The summed E-state index contributed by atoms with van der Waals surface area (Å²) in [4.78, 5) is 38.8. The van der Waals surface area contributed by atoms with Crippen LogP contribution >= 0.6 is 0 Å². The molecule has 0 aromatic heterocycles. The molecule has 2 N–H and O–H groups in total. The van der Waals surface area contributed by atoms with Gasteiger partial charge in [-0.25, -0.2) is 9.59 Å². The first-order chi connectivity index (χ1) is 15.5. The van der Waals surface area contributed by atoms with Crippen molar-refractivity contribution >= 4 is 28.8 Å². The number of rotatable bonds is 9. The van der Waals surface area contributed by atoms with E-state index in [1.54, 1.807) is 30.3 Å². The first-order valence-electron chi connectivity index (χ1n) is 10.4. The summed E-state index contributed by atoms with van der Waals surface area (Å²) in [6.45, 7) is 0.453. The van der Waals surface area contributed by atoms with Crippen LogP contribution in [-0.2, 0) is 31.7 Å². The first kappa shape index (κ1) is 23.5. The van der Waals surface area contributed by atoms with E-state index in [1.807, 2.05) is 30.3 Å². The zero-order valence-corrected chi connectivity index (χ0v) is 18.3. The zero-order chi connectivity index (χ0) is 22.9. The SMILES string of the molecule is O=C(O)[C@H](CC[S@](=O)c1ccccc1)NC(=O)[C@H]1CCCN1C(=O)OCc1ccccc1. The number of carbonyl (C=O) groups is 3. The molecule has 0 bridgehead atoms. The number of carboxylic acid groups (broad SMARTS) is 1. The van der Waals surface area contributed by atoms with E-state index in [2.05, 4.69) is 5.32 Å². The predicted molar refractivity (Wildman–Crippen MR) is 118 cm³/mol. The number of aliphatic carboxylic acids is 1. The van der Waals surface area contributed by atoms with Gasteiger partial charge in [0.05, 0.1) is 10.8 Å². The van der Waals surface area contributed by atoms with Crippen LogP contribution < -0.4 is 5.32 Å². The van der Waals surface area contributed by atoms with E-state index >= 15 is 0 Å². The van der Waals surface area contributed by atoms with Gasteiger partial charge in [-0.1, -0.05) is 48.5 Å². The summed E-state index contributed by atoms with van der Waals surface area (Å²) in [6.07, 6.45) is 0.444. The molecule has 8 nitrogen and oxygen atoms in total. The third kappa shape index (κ3) is 6.40. The summed E-state index contributed by atoms with van der Waals surface area (Å²) < 4.78 is 17.7. The topological polar surface area (TPSA) is 113 Å². The third-order valence-electron chi connectivity index (χ3n) is 5.21. The minimum absolute atomic E-state index is 0.00769. The smallest absolute Gasteiger partial charge is 0.410 e. The number of hydrogen-bond donors (Lipinski definition) is 2. The fourth-order valence-electron chi connectivity index (χ4n) is 3.50. The maximum absolute atomic E-state index is 12.8. The molecule has 0 saturated carbocycles. The highest BCUT2D eigenvalue weighted by molar-refractivity contribution is 7.85. The molecule has 2 aromatic carbocycles. The second kappa shape index (κ2) is 11.4. The van der Waals surface area contributed by atoms with E-state index in [0.717, 1.165) is 5.56 Å². The highest BCUT2D eigenvalue weighted by atomic mass is 32.2. The molecule has 9 heteroatoms. The molecule has 0 spiro atoms. The largest absolute Gasteiger partial charge is 0.480 e. The summed E-state index contributed by atoms with van der Waals surface area (Å²) in [5.74, 6) is -1.66. The standard InChI is InChI=1S/C23H26N2O6S/c26-21(24-19(22(27)28)13-15-32(30)18-10-5-2-6-11-18)20-12-7-14-25(20)23(29)31-16-17-8-3-1-4-9-17/h1-6,8-11,19-20H,7,12-16H2,(H,24,26)(H,27,28)/t19-,20+,32-/m0/s1. The molecule has 2 amide bonds. The van der Waals surface area contributed by atoms with Crippen LogP contribution in [0.3, 0.4) is 0 Å². The van der Waals surface area contributed by atoms with Gasteiger partial charge in [0.15, 0.2) is 0 Å². The summed E-state index contributed by atoms with van der Waals surface area (Å²) in [6, 6.07) is 16.0. The minimum Gasteiger partial charge on any atom is -0.480 e. The Morgan fingerprint density at radius 2 is 1.75 bits per heavy atom. The Balaban J connectivity index is 1.54. The summed E-state index contributed by atoms with van der Waals surface area (Å²) in [7, 11) is -1.37. The van der Waals surface area contributed by atoms with E-state index in [4.69, 9.17) is 4.74 Å². The lowest BCUT2D eigenvalue weighted by molar-refractivity contribution is -0.142. The average Bonchev–Trinajstić information content (AvgIpc) is 3.31. The Morgan fingerprint density at radius 1 is 1.09 bits per heavy atom. The van der Waals surface area contributed by atoms with E-state index in [9.17, 15) is 23.7 Å². The number of likely N-dealkylation sites (tertiary alicyclic amines) is 1. The van der Waals surface area contributed by atoms with Gasteiger partial charge in [0.25, 0.3) is 0 Å². The van der Waals surface area contributed by atoms with Crippen molar-refractivity contribution in [3.63, 3.8) is 0 Å². The second-order valence-corrected chi connectivity index (χ2v) is 9.01. The lowest BCUT2D eigenvalue weighted by atomic mass is 10.1. The molecule has 1 saturated heterocycles. The maximum atomic E-state index is 12.8. The molecule has 2 aromatic rings. The fourth-order valence-corrected chi connectivity index (χ4v) is 4.65. The summed E-state index contributed by atoms with van der Waals surface area (Å²) in [5.41, 5.74) is 0.832. The molecule has 1 aliphatic heterocycles. The Hall–Kier alpha value is -3.20. The van der Waals surface area contributed by atoms with Gasteiger partial charge in [-0.05, 0) is 37.0 Å². The van der Waals surface area contributed by atoms with Crippen molar-refractivity contribution in [2.24, 2.45) is 0 Å². The third-order valence-corrected chi connectivity index (χ3v) is 6.61. The van der Waals surface area contributed by atoms with Crippen LogP contribution in [0, 0.1) is 0 Å². The number of nitrogens with one attached hydrogen (secondary N) is 1. The van der Waals surface area contributed by atoms with Gasteiger partial charge in [-0.15, -0.1) is 0 Å². The number of carbonyl (C=O) groups excluding carboxylic acids is 2. The Morgan fingerprint density at radius 3 is 2.41 bits per heavy atom. The minimum atomic E-state index is -1.37. The van der Waals surface area contributed by atoms with Crippen molar-refractivity contribution in [3.05, 3.63) is 66.2 Å². The Labute approximate surface area is 189 Å². The van der Waals surface area contributed by atoms with E-state index < -0.39 is 40.9 Å². The molecular formula is C23H26N2O6S. The summed E-state index contributed by atoms with van der Waals surface area (Å²) in [5, 5.41) is 12.0. The molecule has 3 atom stereocenters. The van der Waals surface area contributed by atoms with Crippen LogP contribution in [0.4, 0.5) is 4.79 Å². The predicted octanol–water partition coefficient (Wildman–Crippen LogP) is 2.55. The van der Waals surface area contributed by atoms with Gasteiger partial charge in [0, 0.05) is 17.2 Å².